The van der Waals surface area contributed by atoms with Crippen LogP contribution >= 0.6 is 0 Å². The first-order chi connectivity index (χ1) is 8.13. The van der Waals surface area contributed by atoms with Crippen LogP contribution in [-0.4, -0.2) is 18.4 Å². The van der Waals surface area contributed by atoms with Gasteiger partial charge in [-0.25, -0.2) is 0 Å². The zero-order chi connectivity index (χ0) is 12.4. The van der Waals surface area contributed by atoms with E-state index in [0.717, 1.165) is 11.1 Å². The van der Waals surface area contributed by atoms with Gasteiger partial charge in [-0.15, -0.1) is 0 Å². The molecule has 1 aromatic carbocycles. The van der Waals surface area contributed by atoms with Crippen LogP contribution < -0.4 is 0 Å². The fourth-order valence-corrected chi connectivity index (χ4v) is 2.06. The van der Waals surface area contributed by atoms with E-state index in [1.54, 1.807) is 6.07 Å². The highest BCUT2D eigenvalue weighted by Crippen LogP contribution is 2.28. The van der Waals surface area contributed by atoms with E-state index in [0.29, 0.717) is 12.0 Å². The Morgan fingerprint density at radius 3 is 3.06 bits per heavy atom. The molecule has 0 radical (unpaired) electrons. The minimum Gasteiger partial charge on any atom is -0.461 e. The van der Waals surface area contributed by atoms with Crippen LogP contribution in [-0.2, 0) is 16.0 Å². The zero-order valence-electron chi connectivity index (χ0n) is 9.73. The molecule has 0 spiro atoms. The maximum Gasteiger partial charge on any atom is 0.317 e. The second-order valence-electron chi connectivity index (χ2n) is 4.20. The van der Waals surface area contributed by atoms with Crippen LogP contribution in [0.1, 0.15) is 21.5 Å². The number of benzene rings is 1. The van der Waals surface area contributed by atoms with Gasteiger partial charge in [0.1, 0.15) is 12.5 Å². The van der Waals surface area contributed by atoms with Crippen molar-refractivity contribution in [1.82, 2.24) is 0 Å². The van der Waals surface area contributed by atoms with Crippen molar-refractivity contribution in [2.75, 3.05) is 6.61 Å². The number of Topliss-reactive ketones (excluding diaryl/α,β-unsaturated/α-hetero) is 1. The quantitative estimate of drug-likeness (QED) is 0.453. The van der Waals surface area contributed by atoms with Gasteiger partial charge >= 0.3 is 5.97 Å². The van der Waals surface area contributed by atoms with Gasteiger partial charge in [-0.3, -0.25) is 9.59 Å². The molecule has 0 fully saturated rings. The van der Waals surface area contributed by atoms with Gasteiger partial charge in [0.2, 0.25) is 0 Å². The Bertz CT molecular complexity index is 488. The van der Waals surface area contributed by atoms with E-state index < -0.39 is 11.9 Å². The Kier molecular flexibility index (Phi) is 3.09. The third-order valence-corrected chi connectivity index (χ3v) is 2.89. The number of hydrogen-bond acceptors (Lipinski definition) is 3. The summed E-state index contributed by atoms with van der Waals surface area (Å²) in [5.74, 6) is -1.26. The minimum absolute atomic E-state index is 0.130. The van der Waals surface area contributed by atoms with E-state index in [-0.39, 0.29) is 12.4 Å². The molecule has 0 aromatic heterocycles. The van der Waals surface area contributed by atoms with E-state index in [4.69, 9.17) is 4.74 Å². The lowest BCUT2D eigenvalue weighted by Gasteiger charge is -2.06. The molecule has 1 aromatic rings. The first-order valence-electron chi connectivity index (χ1n) is 5.54. The third kappa shape index (κ3) is 2.13. The molecule has 1 atom stereocenters. The SMILES string of the molecule is C=CCOC(=O)C1Cc2cc(C)ccc2C1=O. The number of esters is 1. The van der Waals surface area contributed by atoms with Gasteiger partial charge in [0, 0.05) is 5.56 Å². The Hall–Kier alpha value is -1.90. The Morgan fingerprint density at radius 2 is 2.35 bits per heavy atom. The fraction of sp³-hybridized carbons (Fsp3) is 0.286. The summed E-state index contributed by atoms with van der Waals surface area (Å²) in [5, 5.41) is 0. The number of carbonyl (C=O) groups excluding carboxylic acids is 2. The van der Waals surface area contributed by atoms with Crippen LogP contribution in [0.15, 0.2) is 30.9 Å². The molecule has 0 saturated heterocycles. The summed E-state index contributed by atoms with van der Waals surface area (Å²) in [6.07, 6.45) is 1.94. The number of hydrogen-bond donors (Lipinski definition) is 0. The summed E-state index contributed by atoms with van der Waals surface area (Å²) in [5.41, 5.74) is 2.68. The number of aryl methyl sites for hydroxylation is 1. The van der Waals surface area contributed by atoms with Crippen molar-refractivity contribution in [2.45, 2.75) is 13.3 Å². The predicted octanol–water partition coefficient (Wildman–Crippen LogP) is 2.08. The summed E-state index contributed by atoms with van der Waals surface area (Å²) in [4.78, 5) is 23.7. The van der Waals surface area contributed by atoms with Crippen molar-refractivity contribution in [3.05, 3.63) is 47.5 Å². The molecule has 3 nitrogen and oxygen atoms in total. The topological polar surface area (TPSA) is 43.4 Å². The van der Waals surface area contributed by atoms with Gasteiger partial charge < -0.3 is 4.74 Å². The normalized spacial score (nSPS) is 17.7. The average molecular weight is 230 g/mol. The highest BCUT2D eigenvalue weighted by atomic mass is 16.5. The predicted molar refractivity (Wildman–Crippen MR) is 63.9 cm³/mol. The van der Waals surface area contributed by atoms with E-state index in [1.807, 2.05) is 19.1 Å². The summed E-state index contributed by atoms with van der Waals surface area (Å²) in [7, 11) is 0. The summed E-state index contributed by atoms with van der Waals surface area (Å²) in [6, 6.07) is 5.62. The minimum atomic E-state index is -0.674. The molecule has 1 unspecified atom stereocenters. The largest absolute Gasteiger partial charge is 0.461 e. The van der Waals surface area contributed by atoms with Crippen LogP contribution in [0.25, 0.3) is 0 Å². The van der Waals surface area contributed by atoms with Crippen LogP contribution in [0.5, 0.6) is 0 Å². The molecule has 1 aliphatic carbocycles. The number of rotatable bonds is 3. The second kappa shape index (κ2) is 4.53. The molecule has 0 heterocycles. The number of fused-ring (bicyclic) bond motifs is 1. The van der Waals surface area contributed by atoms with Crippen LogP contribution in [0.2, 0.25) is 0 Å². The van der Waals surface area contributed by atoms with E-state index >= 15 is 0 Å². The Morgan fingerprint density at radius 1 is 1.59 bits per heavy atom. The van der Waals surface area contributed by atoms with Gasteiger partial charge in [-0.05, 0) is 18.9 Å². The molecular weight excluding hydrogens is 216 g/mol. The smallest absolute Gasteiger partial charge is 0.317 e. The standard InChI is InChI=1S/C14H14O3/c1-3-6-17-14(16)12-8-10-7-9(2)4-5-11(10)13(12)15/h3-5,7,12H,1,6,8H2,2H3. The number of carbonyl (C=O) groups is 2. The molecule has 17 heavy (non-hydrogen) atoms. The number of ketones is 1. The van der Waals surface area contributed by atoms with E-state index in [1.165, 1.54) is 6.08 Å². The molecule has 88 valence electrons. The van der Waals surface area contributed by atoms with Gasteiger partial charge in [-0.1, -0.05) is 36.4 Å². The molecule has 0 amide bonds. The molecule has 2 rings (SSSR count). The van der Waals surface area contributed by atoms with Crippen molar-refractivity contribution >= 4 is 11.8 Å². The second-order valence-corrected chi connectivity index (χ2v) is 4.20. The first kappa shape index (κ1) is 11.6. The van der Waals surface area contributed by atoms with Gasteiger partial charge in [0.05, 0.1) is 0 Å². The monoisotopic (exact) mass is 230 g/mol. The highest BCUT2D eigenvalue weighted by molar-refractivity contribution is 6.12. The van der Waals surface area contributed by atoms with Gasteiger partial charge in [0.25, 0.3) is 0 Å². The molecule has 0 bridgehead atoms. The van der Waals surface area contributed by atoms with Crippen molar-refractivity contribution in [3.63, 3.8) is 0 Å². The summed E-state index contributed by atoms with van der Waals surface area (Å²) < 4.78 is 4.93. The molecule has 1 aliphatic rings. The average Bonchev–Trinajstić information content (AvgIpc) is 2.63. The third-order valence-electron chi connectivity index (χ3n) is 2.89. The zero-order valence-corrected chi connectivity index (χ0v) is 9.73. The summed E-state index contributed by atoms with van der Waals surface area (Å²) in [6.45, 7) is 5.58. The van der Waals surface area contributed by atoms with E-state index in [9.17, 15) is 9.59 Å². The number of ether oxygens (including phenoxy) is 1. The lowest BCUT2D eigenvalue weighted by Crippen LogP contribution is -2.23. The molecule has 0 saturated carbocycles. The van der Waals surface area contributed by atoms with Crippen molar-refractivity contribution in [3.8, 4) is 0 Å². The fourth-order valence-electron chi connectivity index (χ4n) is 2.06. The van der Waals surface area contributed by atoms with Crippen molar-refractivity contribution < 1.29 is 14.3 Å². The van der Waals surface area contributed by atoms with Crippen LogP contribution in [0.3, 0.4) is 0 Å². The van der Waals surface area contributed by atoms with Crippen molar-refractivity contribution in [1.29, 1.82) is 0 Å². The lowest BCUT2D eigenvalue weighted by molar-refractivity contribution is -0.145. The van der Waals surface area contributed by atoms with E-state index in [2.05, 4.69) is 6.58 Å². The van der Waals surface area contributed by atoms with Crippen LogP contribution in [0.4, 0.5) is 0 Å². The molecular formula is C14H14O3. The highest BCUT2D eigenvalue weighted by Gasteiger charge is 2.36. The molecule has 0 aliphatic heterocycles. The maximum atomic E-state index is 12.0. The molecule has 0 N–H and O–H groups in total. The molecule has 3 heteroatoms. The van der Waals surface area contributed by atoms with Crippen molar-refractivity contribution in [2.24, 2.45) is 5.92 Å². The first-order valence-corrected chi connectivity index (χ1v) is 5.54. The Labute approximate surface area is 100 Å². The Balaban J connectivity index is 2.19. The van der Waals surface area contributed by atoms with Gasteiger partial charge in [-0.2, -0.15) is 0 Å². The lowest BCUT2D eigenvalue weighted by atomic mass is 10.1. The summed E-state index contributed by atoms with van der Waals surface area (Å²) >= 11 is 0. The van der Waals surface area contributed by atoms with Crippen LogP contribution in [0, 0.1) is 12.8 Å². The van der Waals surface area contributed by atoms with Gasteiger partial charge in [0.15, 0.2) is 5.78 Å². The maximum absolute atomic E-state index is 12.0.